The van der Waals surface area contributed by atoms with E-state index < -0.39 is 5.25 Å². The number of hydrogen-bond donors (Lipinski definition) is 1. The standard InChI is InChI=1S/C25H20Cl2FN3O2S/c26-17-6-10-20(11-7-17)30-25-31(13-12-16-4-8-19(28)9-5-16)23(32)15-22(34-25)24(33)29-21-3-1-2-18(27)14-21/h1-11,14,22H,12-13,15H2,(H,29,33). The van der Waals surface area contributed by atoms with Gasteiger partial charge in [0.25, 0.3) is 0 Å². The van der Waals surface area contributed by atoms with E-state index in [-0.39, 0.29) is 24.1 Å². The van der Waals surface area contributed by atoms with Crippen LogP contribution in [0.1, 0.15) is 12.0 Å². The van der Waals surface area contributed by atoms with Gasteiger partial charge in [-0.3, -0.25) is 14.5 Å². The van der Waals surface area contributed by atoms with Crippen molar-refractivity contribution in [3.05, 3.63) is 94.2 Å². The Labute approximate surface area is 211 Å². The SMILES string of the molecule is O=C(Nc1cccc(Cl)c1)C1CC(=O)N(CCc2ccc(F)cc2)C(=Nc2ccc(Cl)cc2)S1. The Kier molecular flexibility index (Phi) is 7.88. The first-order chi connectivity index (χ1) is 16.4. The number of nitrogens with zero attached hydrogens (tertiary/aromatic N) is 2. The highest BCUT2D eigenvalue weighted by Gasteiger charge is 2.35. The predicted molar refractivity (Wildman–Crippen MR) is 136 cm³/mol. The summed E-state index contributed by atoms with van der Waals surface area (Å²) in [6.07, 6.45) is 0.547. The summed E-state index contributed by atoms with van der Waals surface area (Å²) in [7, 11) is 0. The number of anilines is 1. The van der Waals surface area contributed by atoms with E-state index >= 15 is 0 Å². The van der Waals surface area contributed by atoms with Crippen LogP contribution >= 0.6 is 35.0 Å². The molecule has 3 aromatic rings. The normalized spacial score (nSPS) is 17.1. The number of amidine groups is 1. The molecule has 5 nitrogen and oxygen atoms in total. The fourth-order valence-corrected chi connectivity index (χ4v) is 4.81. The second kappa shape index (κ2) is 11.0. The molecule has 0 bridgehead atoms. The van der Waals surface area contributed by atoms with E-state index in [0.717, 1.165) is 5.56 Å². The van der Waals surface area contributed by atoms with Gasteiger partial charge in [-0.2, -0.15) is 0 Å². The molecule has 0 spiro atoms. The maximum absolute atomic E-state index is 13.2. The number of benzene rings is 3. The molecule has 1 atom stereocenters. The predicted octanol–water partition coefficient (Wildman–Crippen LogP) is 6.34. The zero-order chi connectivity index (χ0) is 24.1. The van der Waals surface area contributed by atoms with Crippen molar-refractivity contribution < 1.29 is 14.0 Å². The Balaban J connectivity index is 1.55. The van der Waals surface area contributed by atoms with Crippen LogP contribution in [0.3, 0.4) is 0 Å². The van der Waals surface area contributed by atoms with Crippen LogP contribution in [-0.4, -0.2) is 33.7 Å². The van der Waals surface area contributed by atoms with E-state index in [0.29, 0.717) is 39.6 Å². The number of carbonyl (C=O) groups is 2. The average Bonchev–Trinajstić information content (AvgIpc) is 2.81. The first-order valence-corrected chi connectivity index (χ1v) is 12.1. The topological polar surface area (TPSA) is 61.8 Å². The number of halogens is 3. The van der Waals surface area contributed by atoms with Crippen LogP contribution < -0.4 is 5.32 Å². The highest BCUT2D eigenvalue weighted by Crippen LogP contribution is 2.30. The molecule has 1 unspecified atom stereocenters. The van der Waals surface area contributed by atoms with E-state index in [1.807, 2.05) is 0 Å². The molecule has 1 fully saturated rings. The summed E-state index contributed by atoms with van der Waals surface area (Å²) in [5, 5.41) is 3.66. The molecule has 4 rings (SSSR count). The zero-order valence-electron chi connectivity index (χ0n) is 17.9. The average molecular weight is 516 g/mol. The van der Waals surface area contributed by atoms with Gasteiger partial charge in [-0.05, 0) is 66.6 Å². The Morgan fingerprint density at radius 3 is 2.50 bits per heavy atom. The summed E-state index contributed by atoms with van der Waals surface area (Å²) in [4.78, 5) is 32.2. The lowest BCUT2D eigenvalue weighted by atomic mass is 10.1. The smallest absolute Gasteiger partial charge is 0.238 e. The van der Waals surface area contributed by atoms with Crippen molar-refractivity contribution in [3.63, 3.8) is 0 Å². The number of rotatable bonds is 6. The summed E-state index contributed by atoms with van der Waals surface area (Å²) >= 11 is 13.2. The van der Waals surface area contributed by atoms with Gasteiger partial charge < -0.3 is 5.32 Å². The third-order valence-corrected chi connectivity index (χ3v) is 6.79. The minimum absolute atomic E-state index is 0.0279. The Bertz CT molecular complexity index is 1220. The molecule has 1 aliphatic rings. The Morgan fingerprint density at radius 2 is 1.79 bits per heavy atom. The van der Waals surface area contributed by atoms with Crippen molar-refractivity contribution >= 4 is 63.3 Å². The molecule has 0 saturated carbocycles. The molecule has 1 saturated heterocycles. The maximum atomic E-state index is 13.2. The fraction of sp³-hybridized carbons (Fsp3) is 0.160. The molecule has 1 N–H and O–H groups in total. The number of thioether (sulfide) groups is 1. The molecule has 34 heavy (non-hydrogen) atoms. The van der Waals surface area contributed by atoms with Crippen molar-refractivity contribution in [2.24, 2.45) is 4.99 Å². The van der Waals surface area contributed by atoms with Gasteiger partial charge in [0.2, 0.25) is 11.8 Å². The lowest BCUT2D eigenvalue weighted by Crippen LogP contribution is -2.46. The van der Waals surface area contributed by atoms with Crippen LogP contribution in [0.15, 0.2) is 77.8 Å². The van der Waals surface area contributed by atoms with Gasteiger partial charge in [0, 0.05) is 28.7 Å². The molecule has 1 aliphatic heterocycles. The molecule has 2 amide bonds. The van der Waals surface area contributed by atoms with Crippen molar-refractivity contribution in [2.45, 2.75) is 18.1 Å². The summed E-state index contributed by atoms with van der Waals surface area (Å²) in [5.74, 6) is -0.825. The van der Waals surface area contributed by atoms with Gasteiger partial charge in [-0.15, -0.1) is 0 Å². The monoisotopic (exact) mass is 515 g/mol. The number of hydrogen-bond acceptors (Lipinski definition) is 4. The molecule has 0 radical (unpaired) electrons. The van der Waals surface area contributed by atoms with E-state index in [9.17, 15) is 14.0 Å². The number of amides is 2. The van der Waals surface area contributed by atoms with Gasteiger partial charge in [0.05, 0.1) is 5.69 Å². The molecular weight excluding hydrogens is 496 g/mol. The van der Waals surface area contributed by atoms with Crippen LogP contribution in [0.25, 0.3) is 0 Å². The van der Waals surface area contributed by atoms with Gasteiger partial charge in [-0.1, -0.05) is 53.2 Å². The molecule has 1 heterocycles. The molecule has 0 aliphatic carbocycles. The summed E-state index contributed by atoms with van der Waals surface area (Å²) in [6, 6.07) is 19.9. The van der Waals surface area contributed by atoms with Crippen molar-refractivity contribution in [3.8, 4) is 0 Å². The largest absolute Gasteiger partial charge is 0.325 e. The van der Waals surface area contributed by atoms with Gasteiger partial charge >= 0.3 is 0 Å². The molecule has 174 valence electrons. The van der Waals surface area contributed by atoms with Crippen LogP contribution in [0.5, 0.6) is 0 Å². The lowest BCUT2D eigenvalue weighted by molar-refractivity contribution is -0.129. The van der Waals surface area contributed by atoms with Crippen LogP contribution in [0.2, 0.25) is 10.0 Å². The summed E-state index contributed by atoms with van der Waals surface area (Å²) in [5.41, 5.74) is 2.06. The number of aliphatic imine (C=N–C) groups is 1. The van der Waals surface area contributed by atoms with Gasteiger partial charge in [0.1, 0.15) is 11.1 Å². The van der Waals surface area contributed by atoms with Crippen molar-refractivity contribution in [1.82, 2.24) is 4.90 Å². The van der Waals surface area contributed by atoms with E-state index in [1.165, 1.54) is 23.9 Å². The van der Waals surface area contributed by atoms with E-state index in [4.69, 9.17) is 23.2 Å². The van der Waals surface area contributed by atoms with Crippen LogP contribution in [0.4, 0.5) is 15.8 Å². The Hall–Kier alpha value is -2.87. The molecule has 3 aromatic carbocycles. The molecular formula is C25H20Cl2FN3O2S. The fourth-order valence-electron chi connectivity index (χ4n) is 3.37. The van der Waals surface area contributed by atoms with Crippen LogP contribution in [0, 0.1) is 5.82 Å². The quantitative estimate of drug-likeness (QED) is 0.416. The number of nitrogens with one attached hydrogen (secondary N) is 1. The van der Waals surface area contributed by atoms with E-state index in [2.05, 4.69) is 10.3 Å². The second-order valence-electron chi connectivity index (χ2n) is 7.60. The third-order valence-electron chi connectivity index (χ3n) is 5.11. The third kappa shape index (κ3) is 6.38. The maximum Gasteiger partial charge on any atom is 0.238 e. The Morgan fingerprint density at radius 1 is 1.06 bits per heavy atom. The van der Waals surface area contributed by atoms with Gasteiger partial charge in [-0.25, -0.2) is 9.38 Å². The van der Waals surface area contributed by atoms with E-state index in [1.54, 1.807) is 65.6 Å². The second-order valence-corrected chi connectivity index (χ2v) is 9.65. The van der Waals surface area contributed by atoms with Gasteiger partial charge in [0.15, 0.2) is 5.17 Å². The number of carbonyl (C=O) groups excluding carboxylic acids is 2. The summed E-state index contributed by atoms with van der Waals surface area (Å²) in [6.45, 7) is 0.354. The summed E-state index contributed by atoms with van der Waals surface area (Å²) < 4.78 is 13.2. The van der Waals surface area contributed by atoms with Crippen molar-refractivity contribution in [2.75, 3.05) is 11.9 Å². The minimum Gasteiger partial charge on any atom is -0.325 e. The highest BCUT2D eigenvalue weighted by molar-refractivity contribution is 8.15. The molecule has 9 heteroatoms. The van der Waals surface area contributed by atoms with Crippen LogP contribution in [-0.2, 0) is 16.0 Å². The highest BCUT2D eigenvalue weighted by atomic mass is 35.5. The van der Waals surface area contributed by atoms with Crippen molar-refractivity contribution in [1.29, 1.82) is 0 Å². The molecule has 0 aromatic heterocycles. The first kappa shape index (κ1) is 24.3. The minimum atomic E-state index is -0.653. The first-order valence-electron chi connectivity index (χ1n) is 10.5. The zero-order valence-corrected chi connectivity index (χ0v) is 20.2. The lowest BCUT2D eigenvalue weighted by Gasteiger charge is -2.32.